The molecule has 0 saturated carbocycles. The van der Waals surface area contributed by atoms with Crippen LogP contribution in [-0.2, 0) is 12.8 Å². The molecule has 0 unspecified atom stereocenters. The van der Waals surface area contributed by atoms with Gasteiger partial charge in [-0.05, 0) is 59.0 Å². The van der Waals surface area contributed by atoms with E-state index in [1.54, 1.807) is 11.3 Å². The second-order valence-corrected chi connectivity index (χ2v) is 5.61. The maximum atomic E-state index is 11.7. The van der Waals surface area contributed by atoms with E-state index in [1.807, 2.05) is 18.2 Å². The standard InChI is InChI=1S/C16H16O2S/c17-16-3-1-2-13-10-14(4-5-15(13)16)18-8-6-12-7-9-19-11-12/h4-5,7,9-11H,1-3,6,8H2. The summed E-state index contributed by atoms with van der Waals surface area (Å²) in [5.74, 6) is 1.15. The van der Waals surface area contributed by atoms with Gasteiger partial charge in [0.25, 0.3) is 0 Å². The van der Waals surface area contributed by atoms with Crippen LogP contribution < -0.4 is 4.74 Å². The molecule has 0 amide bonds. The Balaban J connectivity index is 1.64. The van der Waals surface area contributed by atoms with Gasteiger partial charge in [-0.3, -0.25) is 4.79 Å². The second-order valence-electron chi connectivity index (χ2n) is 4.83. The summed E-state index contributed by atoms with van der Waals surface area (Å²) in [6, 6.07) is 7.98. The van der Waals surface area contributed by atoms with Crippen LogP contribution in [0.1, 0.15) is 34.3 Å². The van der Waals surface area contributed by atoms with Crippen molar-refractivity contribution in [1.29, 1.82) is 0 Å². The first kappa shape index (κ1) is 12.4. The van der Waals surface area contributed by atoms with Gasteiger partial charge in [0.1, 0.15) is 5.75 Å². The van der Waals surface area contributed by atoms with E-state index in [2.05, 4.69) is 16.8 Å². The van der Waals surface area contributed by atoms with Crippen molar-refractivity contribution in [2.45, 2.75) is 25.7 Å². The van der Waals surface area contributed by atoms with Gasteiger partial charge < -0.3 is 4.74 Å². The molecule has 3 rings (SSSR count). The molecule has 2 nitrogen and oxygen atoms in total. The highest BCUT2D eigenvalue weighted by Gasteiger charge is 2.17. The van der Waals surface area contributed by atoms with Crippen LogP contribution >= 0.6 is 11.3 Å². The van der Waals surface area contributed by atoms with Gasteiger partial charge in [-0.2, -0.15) is 11.3 Å². The first-order valence-electron chi connectivity index (χ1n) is 6.63. The number of hydrogen-bond acceptors (Lipinski definition) is 3. The largest absolute Gasteiger partial charge is 0.493 e. The van der Waals surface area contributed by atoms with Gasteiger partial charge in [-0.1, -0.05) is 0 Å². The first-order valence-corrected chi connectivity index (χ1v) is 7.57. The zero-order valence-corrected chi connectivity index (χ0v) is 11.5. The van der Waals surface area contributed by atoms with Crippen LogP contribution in [0.25, 0.3) is 0 Å². The molecule has 0 N–H and O–H groups in total. The molecule has 1 aliphatic rings. The highest BCUT2D eigenvalue weighted by molar-refractivity contribution is 7.07. The molecule has 0 atom stereocenters. The van der Waals surface area contributed by atoms with E-state index in [4.69, 9.17) is 4.74 Å². The van der Waals surface area contributed by atoms with E-state index in [-0.39, 0.29) is 5.78 Å². The Hall–Kier alpha value is -1.61. The molecular weight excluding hydrogens is 256 g/mol. The van der Waals surface area contributed by atoms with Crippen molar-refractivity contribution in [3.05, 3.63) is 51.7 Å². The number of carbonyl (C=O) groups is 1. The molecule has 98 valence electrons. The second kappa shape index (κ2) is 5.57. The zero-order valence-electron chi connectivity index (χ0n) is 10.7. The Kier molecular flexibility index (Phi) is 3.65. The Morgan fingerprint density at radius 1 is 1.21 bits per heavy atom. The Bertz CT molecular complexity index is 572. The Morgan fingerprint density at radius 2 is 2.16 bits per heavy atom. The summed E-state index contributed by atoms with van der Waals surface area (Å²) in [5.41, 5.74) is 3.35. The number of hydrogen-bond donors (Lipinski definition) is 0. The van der Waals surface area contributed by atoms with Crippen molar-refractivity contribution in [3.63, 3.8) is 0 Å². The molecule has 3 heteroatoms. The van der Waals surface area contributed by atoms with Gasteiger partial charge in [0, 0.05) is 18.4 Å². The van der Waals surface area contributed by atoms with Crippen molar-refractivity contribution in [1.82, 2.24) is 0 Å². The molecule has 19 heavy (non-hydrogen) atoms. The van der Waals surface area contributed by atoms with E-state index >= 15 is 0 Å². The van der Waals surface area contributed by atoms with Crippen LogP contribution in [-0.4, -0.2) is 12.4 Å². The summed E-state index contributed by atoms with van der Waals surface area (Å²) < 4.78 is 5.77. The average molecular weight is 272 g/mol. The number of fused-ring (bicyclic) bond motifs is 1. The summed E-state index contributed by atoms with van der Waals surface area (Å²) in [6.45, 7) is 0.684. The molecule has 1 aromatic heterocycles. The minimum Gasteiger partial charge on any atom is -0.493 e. The highest BCUT2D eigenvalue weighted by Crippen LogP contribution is 2.25. The predicted molar refractivity (Wildman–Crippen MR) is 77.2 cm³/mol. The predicted octanol–water partition coefficient (Wildman–Crippen LogP) is 3.89. The number of carbonyl (C=O) groups excluding carboxylic acids is 1. The van der Waals surface area contributed by atoms with E-state index in [0.717, 1.165) is 36.1 Å². The van der Waals surface area contributed by atoms with Gasteiger partial charge in [-0.15, -0.1) is 0 Å². The molecule has 0 fully saturated rings. The number of ether oxygens (including phenoxy) is 1. The number of Topliss-reactive ketones (excluding diaryl/α,β-unsaturated/α-hetero) is 1. The van der Waals surface area contributed by atoms with Gasteiger partial charge in [-0.25, -0.2) is 0 Å². The minimum absolute atomic E-state index is 0.270. The van der Waals surface area contributed by atoms with Crippen LogP contribution in [0.5, 0.6) is 5.75 Å². The number of benzene rings is 1. The maximum Gasteiger partial charge on any atom is 0.163 e. The van der Waals surface area contributed by atoms with Crippen LogP contribution in [0.3, 0.4) is 0 Å². The van der Waals surface area contributed by atoms with Crippen LogP contribution in [0.2, 0.25) is 0 Å². The lowest BCUT2D eigenvalue weighted by Crippen LogP contribution is -2.11. The molecule has 0 radical (unpaired) electrons. The molecule has 0 aliphatic heterocycles. The third-order valence-corrected chi connectivity index (χ3v) is 4.20. The minimum atomic E-state index is 0.270. The van der Waals surface area contributed by atoms with Gasteiger partial charge in [0.05, 0.1) is 6.61 Å². The summed E-state index contributed by atoms with van der Waals surface area (Å²) >= 11 is 1.71. The summed E-state index contributed by atoms with van der Waals surface area (Å²) in [6.07, 6.45) is 3.57. The fourth-order valence-electron chi connectivity index (χ4n) is 2.43. The van der Waals surface area contributed by atoms with Crippen molar-refractivity contribution in [2.75, 3.05) is 6.61 Å². The summed E-state index contributed by atoms with van der Waals surface area (Å²) in [7, 11) is 0. The summed E-state index contributed by atoms with van der Waals surface area (Å²) in [4.78, 5) is 11.7. The third kappa shape index (κ3) is 2.87. The van der Waals surface area contributed by atoms with E-state index < -0.39 is 0 Å². The average Bonchev–Trinajstić information content (AvgIpc) is 2.92. The molecule has 1 aromatic carbocycles. The Labute approximate surface area is 117 Å². The smallest absolute Gasteiger partial charge is 0.163 e. The van der Waals surface area contributed by atoms with Crippen molar-refractivity contribution in [2.24, 2.45) is 0 Å². The molecule has 0 spiro atoms. The fourth-order valence-corrected chi connectivity index (χ4v) is 3.14. The fraction of sp³-hybridized carbons (Fsp3) is 0.312. The highest BCUT2D eigenvalue weighted by atomic mass is 32.1. The van der Waals surface area contributed by atoms with Crippen LogP contribution in [0.4, 0.5) is 0 Å². The molecule has 0 bridgehead atoms. The third-order valence-electron chi connectivity index (χ3n) is 3.47. The van der Waals surface area contributed by atoms with Gasteiger partial charge in [0.15, 0.2) is 5.78 Å². The monoisotopic (exact) mass is 272 g/mol. The SMILES string of the molecule is O=C1CCCc2cc(OCCc3ccsc3)ccc21. The van der Waals surface area contributed by atoms with Crippen LogP contribution in [0.15, 0.2) is 35.0 Å². The van der Waals surface area contributed by atoms with Crippen molar-refractivity contribution in [3.8, 4) is 5.75 Å². The van der Waals surface area contributed by atoms with Gasteiger partial charge >= 0.3 is 0 Å². The molecule has 0 saturated heterocycles. The lowest BCUT2D eigenvalue weighted by molar-refractivity contribution is 0.0972. The quantitative estimate of drug-likeness (QED) is 0.844. The number of rotatable bonds is 4. The zero-order chi connectivity index (χ0) is 13.1. The topological polar surface area (TPSA) is 26.3 Å². The summed E-state index contributed by atoms with van der Waals surface area (Å²) in [5, 5.41) is 4.23. The molecule has 1 heterocycles. The van der Waals surface area contributed by atoms with Crippen molar-refractivity contribution < 1.29 is 9.53 Å². The molecular formula is C16H16O2S. The number of ketones is 1. The number of aryl methyl sites for hydroxylation is 1. The van der Waals surface area contributed by atoms with Gasteiger partial charge in [0.2, 0.25) is 0 Å². The van der Waals surface area contributed by atoms with Crippen molar-refractivity contribution >= 4 is 17.1 Å². The van der Waals surface area contributed by atoms with E-state index in [1.165, 1.54) is 5.56 Å². The molecule has 1 aliphatic carbocycles. The lowest BCUT2D eigenvalue weighted by atomic mass is 9.90. The van der Waals surface area contributed by atoms with E-state index in [9.17, 15) is 4.79 Å². The molecule has 2 aromatic rings. The lowest BCUT2D eigenvalue weighted by Gasteiger charge is -2.15. The van der Waals surface area contributed by atoms with E-state index in [0.29, 0.717) is 13.0 Å². The Morgan fingerprint density at radius 3 is 3.00 bits per heavy atom. The first-order chi connectivity index (χ1) is 9.33. The number of thiophene rings is 1. The maximum absolute atomic E-state index is 11.7. The normalized spacial score (nSPS) is 14.2. The van der Waals surface area contributed by atoms with Crippen LogP contribution in [0, 0.1) is 0 Å².